The van der Waals surface area contributed by atoms with E-state index in [1.807, 2.05) is 11.9 Å². The first-order valence-corrected chi connectivity index (χ1v) is 6.41. The van der Waals surface area contributed by atoms with Gasteiger partial charge in [-0.3, -0.25) is 15.0 Å². The Hall–Kier alpha value is -1.42. The van der Waals surface area contributed by atoms with Gasteiger partial charge in [0.05, 0.1) is 12.5 Å². The van der Waals surface area contributed by atoms with Gasteiger partial charge in [-0.05, 0) is 24.1 Å². The van der Waals surface area contributed by atoms with Crippen LogP contribution in [0.5, 0.6) is 0 Å². The third-order valence-electron chi connectivity index (χ3n) is 3.77. The van der Waals surface area contributed by atoms with Gasteiger partial charge in [-0.15, -0.1) is 0 Å². The molecule has 4 heteroatoms. The van der Waals surface area contributed by atoms with E-state index in [-0.39, 0.29) is 10.8 Å². The second-order valence-electron chi connectivity index (χ2n) is 5.50. The van der Waals surface area contributed by atoms with Gasteiger partial charge in [0, 0.05) is 11.5 Å². The van der Waals surface area contributed by atoms with Crippen molar-refractivity contribution in [2.45, 2.75) is 31.7 Å². The van der Waals surface area contributed by atoms with Crippen LogP contribution in [0.3, 0.4) is 0 Å². The van der Waals surface area contributed by atoms with E-state index in [2.05, 4.69) is 38.1 Å². The van der Waals surface area contributed by atoms with Crippen molar-refractivity contribution in [2.24, 2.45) is 0 Å². The molecular formula is C14H20N2O2. The first kappa shape index (κ1) is 13.0. The van der Waals surface area contributed by atoms with E-state index in [1.165, 1.54) is 5.56 Å². The van der Waals surface area contributed by atoms with Crippen LogP contribution in [-0.4, -0.2) is 36.0 Å². The lowest BCUT2D eigenvalue weighted by molar-refractivity contribution is -0.521. The molecule has 98 valence electrons. The van der Waals surface area contributed by atoms with Crippen LogP contribution in [0, 0.1) is 10.1 Å². The SMILES string of the molecule is CC(C)c1ccc(C2CN(C)CC2[N+](=O)[O-])cc1. The van der Waals surface area contributed by atoms with Gasteiger partial charge < -0.3 is 0 Å². The molecule has 18 heavy (non-hydrogen) atoms. The Balaban J connectivity index is 2.22. The fraction of sp³-hybridized carbons (Fsp3) is 0.571. The number of hydrogen-bond donors (Lipinski definition) is 0. The summed E-state index contributed by atoms with van der Waals surface area (Å²) in [5, 5.41) is 11.1. The molecule has 2 rings (SSSR count). The number of rotatable bonds is 3. The summed E-state index contributed by atoms with van der Waals surface area (Å²) in [6.07, 6.45) is 0. The molecule has 0 aliphatic carbocycles. The zero-order chi connectivity index (χ0) is 13.3. The van der Waals surface area contributed by atoms with Crippen LogP contribution in [-0.2, 0) is 0 Å². The van der Waals surface area contributed by atoms with Gasteiger partial charge in [0.1, 0.15) is 0 Å². The lowest BCUT2D eigenvalue weighted by atomic mass is 9.92. The Morgan fingerprint density at radius 1 is 1.28 bits per heavy atom. The molecule has 1 aromatic carbocycles. The Morgan fingerprint density at radius 2 is 1.89 bits per heavy atom. The number of nitrogens with zero attached hydrogens (tertiary/aromatic N) is 2. The van der Waals surface area contributed by atoms with Gasteiger partial charge in [-0.2, -0.15) is 0 Å². The summed E-state index contributed by atoms with van der Waals surface area (Å²) in [5.41, 5.74) is 2.37. The molecule has 0 radical (unpaired) electrons. The first-order chi connectivity index (χ1) is 8.49. The van der Waals surface area contributed by atoms with E-state index in [9.17, 15) is 10.1 Å². The predicted molar refractivity (Wildman–Crippen MR) is 71.6 cm³/mol. The third-order valence-corrected chi connectivity index (χ3v) is 3.77. The summed E-state index contributed by atoms with van der Waals surface area (Å²) in [5.74, 6) is 0.517. The van der Waals surface area contributed by atoms with Crippen LogP contribution in [0.4, 0.5) is 0 Å². The highest BCUT2D eigenvalue weighted by Crippen LogP contribution is 2.29. The molecular weight excluding hydrogens is 228 g/mol. The van der Waals surface area contributed by atoms with E-state index in [0.29, 0.717) is 12.5 Å². The second kappa shape index (κ2) is 5.06. The van der Waals surface area contributed by atoms with E-state index in [1.54, 1.807) is 0 Å². The fourth-order valence-electron chi connectivity index (χ4n) is 2.65. The molecule has 2 unspecified atom stereocenters. The highest BCUT2D eigenvalue weighted by molar-refractivity contribution is 5.29. The molecule has 1 aliphatic heterocycles. The van der Waals surface area contributed by atoms with Gasteiger partial charge in [0.2, 0.25) is 6.04 Å². The average Bonchev–Trinajstić information content (AvgIpc) is 2.71. The van der Waals surface area contributed by atoms with Crippen molar-refractivity contribution in [3.05, 3.63) is 45.5 Å². The fourth-order valence-corrected chi connectivity index (χ4v) is 2.65. The van der Waals surface area contributed by atoms with Crippen molar-refractivity contribution < 1.29 is 4.92 Å². The van der Waals surface area contributed by atoms with E-state index in [4.69, 9.17) is 0 Å². The summed E-state index contributed by atoms with van der Waals surface area (Å²) in [6.45, 7) is 5.62. The van der Waals surface area contributed by atoms with Crippen molar-refractivity contribution in [2.75, 3.05) is 20.1 Å². The van der Waals surface area contributed by atoms with Crippen LogP contribution >= 0.6 is 0 Å². The standard InChI is InChI=1S/C14H20N2O2/c1-10(2)11-4-6-12(7-5-11)13-8-15(3)9-14(13)16(17)18/h4-7,10,13-14H,8-9H2,1-3H3. The van der Waals surface area contributed by atoms with E-state index in [0.717, 1.165) is 12.1 Å². The summed E-state index contributed by atoms with van der Waals surface area (Å²) in [7, 11) is 1.94. The number of likely N-dealkylation sites (tertiary alicyclic amines) is 1. The largest absolute Gasteiger partial charge is 0.299 e. The highest BCUT2D eigenvalue weighted by atomic mass is 16.6. The molecule has 0 saturated carbocycles. The molecule has 0 amide bonds. The normalized spacial score (nSPS) is 24.7. The Labute approximate surface area is 108 Å². The van der Waals surface area contributed by atoms with Gasteiger partial charge in [-0.1, -0.05) is 38.1 Å². The molecule has 0 spiro atoms. The summed E-state index contributed by atoms with van der Waals surface area (Å²) in [6, 6.07) is 7.82. The van der Waals surface area contributed by atoms with Crippen LogP contribution < -0.4 is 0 Å². The zero-order valence-corrected chi connectivity index (χ0v) is 11.2. The highest BCUT2D eigenvalue weighted by Gasteiger charge is 2.40. The maximum atomic E-state index is 11.1. The van der Waals surface area contributed by atoms with Crippen molar-refractivity contribution in [3.63, 3.8) is 0 Å². The van der Waals surface area contributed by atoms with Gasteiger partial charge >= 0.3 is 0 Å². The van der Waals surface area contributed by atoms with Crippen molar-refractivity contribution in [1.82, 2.24) is 4.90 Å². The molecule has 1 fully saturated rings. The maximum absolute atomic E-state index is 11.1. The quantitative estimate of drug-likeness (QED) is 0.610. The van der Waals surface area contributed by atoms with Crippen molar-refractivity contribution in [1.29, 1.82) is 0 Å². The lowest BCUT2D eigenvalue weighted by Crippen LogP contribution is -2.27. The first-order valence-electron chi connectivity index (χ1n) is 6.41. The molecule has 1 aromatic rings. The molecule has 0 bridgehead atoms. The second-order valence-corrected chi connectivity index (χ2v) is 5.50. The topological polar surface area (TPSA) is 46.4 Å². The Morgan fingerprint density at radius 3 is 2.39 bits per heavy atom. The monoisotopic (exact) mass is 248 g/mol. The van der Waals surface area contributed by atoms with Crippen LogP contribution in [0.2, 0.25) is 0 Å². The maximum Gasteiger partial charge on any atom is 0.233 e. The zero-order valence-electron chi connectivity index (χ0n) is 11.2. The molecule has 4 nitrogen and oxygen atoms in total. The van der Waals surface area contributed by atoms with Crippen LogP contribution in [0.25, 0.3) is 0 Å². The van der Waals surface area contributed by atoms with Gasteiger partial charge in [-0.25, -0.2) is 0 Å². The number of hydrogen-bond acceptors (Lipinski definition) is 3. The Bertz CT molecular complexity index is 428. The lowest BCUT2D eigenvalue weighted by Gasteiger charge is -2.14. The molecule has 1 heterocycles. The minimum Gasteiger partial charge on any atom is -0.299 e. The smallest absolute Gasteiger partial charge is 0.233 e. The predicted octanol–water partition coefficient (Wildman–Crippen LogP) is 2.48. The number of benzene rings is 1. The summed E-state index contributed by atoms with van der Waals surface area (Å²) >= 11 is 0. The summed E-state index contributed by atoms with van der Waals surface area (Å²) in [4.78, 5) is 13.0. The minimum atomic E-state index is -0.472. The Kier molecular flexibility index (Phi) is 3.66. The molecule has 0 N–H and O–H groups in total. The van der Waals surface area contributed by atoms with E-state index >= 15 is 0 Å². The summed E-state index contributed by atoms with van der Waals surface area (Å²) < 4.78 is 0. The average molecular weight is 248 g/mol. The van der Waals surface area contributed by atoms with Gasteiger partial charge in [0.15, 0.2) is 0 Å². The minimum absolute atomic E-state index is 0.0196. The van der Waals surface area contributed by atoms with E-state index < -0.39 is 6.04 Å². The van der Waals surface area contributed by atoms with Crippen LogP contribution in [0.1, 0.15) is 36.8 Å². The van der Waals surface area contributed by atoms with Crippen molar-refractivity contribution in [3.8, 4) is 0 Å². The number of likely N-dealkylation sites (N-methyl/N-ethyl adjacent to an activating group) is 1. The molecule has 1 aliphatic rings. The molecule has 1 saturated heterocycles. The molecule has 0 aromatic heterocycles. The third kappa shape index (κ3) is 2.53. The van der Waals surface area contributed by atoms with Crippen LogP contribution in [0.15, 0.2) is 24.3 Å². The molecule has 2 atom stereocenters. The number of nitro groups is 1. The van der Waals surface area contributed by atoms with Crippen molar-refractivity contribution >= 4 is 0 Å². The van der Waals surface area contributed by atoms with Gasteiger partial charge in [0.25, 0.3) is 0 Å².